The van der Waals surface area contributed by atoms with Crippen molar-refractivity contribution in [2.24, 2.45) is 0 Å². The average Bonchev–Trinajstić information content (AvgIpc) is 3.58. The Morgan fingerprint density at radius 2 is 0.867 bits per heavy atom. The molecule has 1 spiro atoms. The van der Waals surface area contributed by atoms with Crippen LogP contribution in [0.3, 0.4) is 0 Å². The lowest BCUT2D eigenvalue weighted by Crippen LogP contribution is -2.26. The van der Waals surface area contributed by atoms with Gasteiger partial charge in [-0.3, -0.25) is 0 Å². The second-order valence-electron chi connectivity index (χ2n) is 11.9. The third-order valence-electron chi connectivity index (χ3n) is 9.68. The summed E-state index contributed by atoms with van der Waals surface area (Å²) in [6.45, 7) is 0. The van der Waals surface area contributed by atoms with E-state index in [0.29, 0.717) is 5.82 Å². The van der Waals surface area contributed by atoms with Gasteiger partial charge in [0.1, 0.15) is 5.69 Å². The molecule has 208 valence electrons. The fourth-order valence-electron chi connectivity index (χ4n) is 7.94. The molecule has 0 aliphatic heterocycles. The molecule has 0 atom stereocenters. The Morgan fingerprint density at radius 1 is 0.356 bits per heavy atom. The maximum Gasteiger partial charge on any atom is 0.160 e. The maximum absolute atomic E-state index is 5.65. The lowest BCUT2D eigenvalue weighted by Gasteiger charge is -2.31. The van der Waals surface area contributed by atoms with Crippen LogP contribution in [0, 0.1) is 0 Å². The summed E-state index contributed by atoms with van der Waals surface area (Å²) < 4.78 is 0. The van der Waals surface area contributed by atoms with E-state index in [4.69, 9.17) is 15.0 Å². The third-order valence-corrected chi connectivity index (χ3v) is 9.68. The van der Waals surface area contributed by atoms with Gasteiger partial charge in [0.2, 0.25) is 0 Å². The lowest BCUT2D eigenvalue weighted by molar-refractivity contribution is 0.799. The first-order valence-electron chi connectivity index (χ1n) is 15.4. The molecule has 2 aliphatic rings. The van der Waals surface area contributed by atoms with Gasteiger partial charge >= 0.3 is 0 Å². The predicted molar refractivity (Wildman–Crippen MR) is 182 cm³/mol. The Morgan fingerprint density at radius 3 is 1.58 bits per heavy atom. The highest BCUT2D eigenvalue weighted by molar-refractivity contribution is 6.09. The first kappa shape index (κ1) is 24.5. The predicted octanol–water partition coefficient (Wildman–Crippen LogP) is 9.86. The molecule has 0 saturated carbocycles. The number of nitrogens with zero attached hydrogens (tertiary/aromatic N) is 3. The van der Waals surface area contributed by atoms with E-state index in [2.05, 4.69) is 127 Å². The smallest absolute Gasteiger partial charge is 0.160 e. The molecule has 0 saturated heterocycles. The number of pyridine rings is 1. The minimum atomic E-state index is -0.465. The van der Waals surface area contributed by atoms with Crippen LogP contribution in [0.4, 0.5) is 0 Å². The van der Waals surface area contributed by atoms with Crippen LogP contribution in [-0.2, 0) is 5.41 Å². The summed E-state index contributed by atoms with van der Waals surface area (Å²) in [5.41, 5.74) is 13.1. The van der Waals surface area contributed by atoms with E-state index >= 15 is 0 Å². The Bertz CT molecular complexity index is 2450. The number of aromatic nitrogens is 3. The van der Waals surface area contributed by atoms with Crippen LogP contribution in [0.2, 0.25) is 0 Å². The standard InChI is InChI=1S/C42H25N3/c1-2-14-26(15-3-1)41-43-36-25-13-9-21-32(36)40(45-41)39-30-19-5-4-18-29(30)37-38(44-39)31-20-8-12-24-35(31)42(37)33-22-10-6-16-27(33)28-17-7-11-23-34(28)42/h1-25H. The molecule has 2 heterocycles. The monoisotopic (exact) mass is 571 g/mol. The van der Waals surface area contributed by atoms with Crippen molar-refractivity contribution >= 4 is 21.7 Å². The van der Waals surface area contributed by atoms with Gasteiger partial charge in [0.05, 0.1) is 22.3 Å². The summed E-state index contributed by atoms with van der Waals surface area (Å²) in [5.74, 6) is 0.700. The Kier molecular flexibility index (Phi) is 4.92. The fourth-order valence-corrected chi connectivity index (χ4v) is 7.94. The Balaban J connectivity index is 1.37. The van der Waals surface area contributed by atoms with E-state index in [1.54, 1.807) is 0 Å². The van der Waals surface area contributed by atoms with Crippen LogP contribution in [0.25, 0.3) is 66.8 Å². The van der Waals surface area contributed by atoms with E-state index in [1.807, 2.05) is 24.3 Å². The van der Waals surface area contributed by atoms with Gasteiger partial charge in [0.15, 0.2) is 5.82 Å². The second kappa shape index (κ2) is 9.04. The van der Waals surface area contributed by atoms with Gasteiger partial charge in [-0.1, -0.05) is 146 Å². The van der Waals surface area contributed by atoms with E-state index in [1.165, 1.54) is 44.3 Å². The van der Waals surface area contributed by atoms with Crippen molar-refractivity contribution < 1.29 is 0 Å². The van der Waals surface area contributed by atoms with E-state index < -0.39 is 5.41 Å². The van der Waals surface area contributed by atoms with Crippen molar-refractivity contribution in [3.8, 4) is 45.2 Å². The molecule has 3 nitrogen and oxygen atoms in total. The molecule has 3 heteroatoms. The quantitative estimate of drug-likeness (QED) is 0.207. The number of rotatable bonds is 2. The van der Waals surface area contributed by atoms with Crippen molar-refractivity contribution in [1.82, 2.24) is 15.0 Å². The van der Waals surface area contributed by atoms with Crippen molar-refractivity contribution in [1.29, 1.82) is 0 Å². The minimum Gasteiger partial charge on any atom is -0.245 e. The van der Waals surface area contributed by atoms with Gasteiger partial charge in [-0.25, -0.2) is 15.0 Å². The highest BCUT2D eigenvalue weighted by atomic mass is 14.9. The molecule has 2 aromatic heterocycles. The summed E-state index contributed by atoms with van der Waals surface area (Å²) in [4.78, 5) is 15.9. The summed E-state index contributed by atoms with van der Waals surface area (Å²) in [5, 5.41) is 3.28. The molecule has 6 aromatic carbocycles. The highest BCUT2D eigenvalue weighted by Crippen LogP contribution is 2.64. The Hall–Kier alpha value is -5.93. The Labute approximate surface area is 260 Å². The van der Waals surface area contributed by atoms with Crippen LogP contribution in [0.15, 0.2) is 152 Å². The maximum atomic E-state index is 5.65. The third kappa shape index (κ3) is 3.17. The van der Waals surface area contributed by atoms with Crippen LogP contribution >= 0.6 is 0 Å². The van der Waals surface area contributed by atoms with Crippen LogP contribution in [0.5, 0.6) is 0 Å². The van der Waals surface area contributed by atoms with Crippen molar-refractivity contribution in [3.63, 3.8) is 0 Å². The molecular formula is C42H25N3. The van der Waals surface area contributed by atoms with E-state index in [0.717, 1.165) is 38.9 Å². The largest absolute Gasteiger partial charge is 0.245 e. The molecule has 10 rings (SSSR count). The highest BCUT2D eigenvalue weighted by Gasteiger charge is 2.53. The van der Waals surface area contributed by atoms with Crippen molar-refractivity contribution in [3.05, 3.63) is 174 Å². The number of hydrogen-bond donors (Lipinski definition) is 0. The molecule has 0 fully saturated rings. The molecule has 8 aromatic rings. The molecule has 45 heavy (non-hydrogen) atoms. The van der Waals surface area contributed by atoms with Gasteiger partial charge < -0.3 is 0 Å². The molecule has 0 bridgehead atoms. The molecule has 0 amide bonds. The molecular weight excluding hydrogens is 546 g/mol. The zero-order chi connectivity index (χ0) is 29.5. The fraction of sp³-hybridized carbons (Fsp3) is 0.0238. The van der Waals surface area contributed by atoms with Crippen molar-refractivity contribution in [2.45, 2.75) is 5.41 Å². The van der Waals surface area contributed by atoms with Crippen molar-refractivity contribution in [2.75, 3.05) is 0 Å². The van der Waals surface area contributed by atoms with Crippen LogP contribution in [0.1, 0.15) is 22.3 Å². The van der Waals surface area contributed by atoms with Crippen LogP contribution in [-0.4, -0.2) is 15.0 Å². The number of fused-ring (bicyclic) bond motifs is 13. The van der Waals surface area contributed by atoms with Gasteiger partial charge in [-0.2, -0.15) is 0 Å². The molecule has 2 aliphatic carbocycles. The number of benzene rings is 6. The first-order valence-corrected chi connectivity index (χ1v) is 15.4. The average molecular weight is 572 g/mol. The van der Waals surface area contributed by atoms with Gasteiger partial charge in [0, 0.05) is 27.5 Å². The van der Waals surface area contributed by atoms with Gasteiger partial charge in [-0.15, -0.1) is 0 Å². The SMILES string of the molecule is c1ccc(-c2nc(-c3nc4c(c5ccccc35)C3(c5ccccc5-c5ccccc53)c3ccccc3-4)c3ccccc3n2)cc1. The molecule has 0 radical (unpaired) electrons. The zero-order valence-electron chi connectivity index (χ0n) is 24.3. The molecule has 0 N–H and O–H groups in total. The van der Waals surface area contributed by atoms with Gasteiger partial charge in [0.25, 0.3) is 0 Å². The topological polar surface area (TPSA) is 38.7 Å². The van der Waals surface area contributed by atoms with Crippen LogP contribution < -0.4 is 0 Å². The second-order valence-corrected chi connectivity index (χ2v) is 11.9. The zero-order valence-corrected chi connectivity index (χ0v) is 24.3. The summed E-state index contributed by atoms with van der Waals surface area (Å²) >= 11 is 0. The molecule has 0 unspecified atom stereocenters. The van der Waals surface area contributed by atoms with E-state index in [-0.39, 0.29) is 0 Å². The first-order chi connectivity index (χ1) is 22.3. The summed E-state index contributed by atoms with van der Waals surface area (Å²) in [7, 11) is 0. The summed E-state index contributed by atoms with van der Waals surface area (Å²) in [6, 6.07) is 53.9. The number of para-hydroxylation sites is 1. The minimum absolute atomic E-state index is 0.465. The summed E-state index contributed by atoms with van der Waals surface area (Å²) in [6.07, 6.45) is 0. The normalized spacial score (nSPS) is 13.5. The number of hydrogen-bond acceptors (Lipinski definition) is 3. The van der Waals surface area contributed by atoms with E-state index in [9.17, 15) is 0 Å². The lowest BCUT2D eigenvalue weighted by atomic mass is 9.69. The van der Waals surface area contributed by atoms with Gasteiger partial charge in [-0.05, 0) is 39.3 Å².